The Morgan fingerprint density at radius 2 is 1.96 bits per heavy atom. The molecule has 0 aromatic heterocycles. The third-order valence-corrected chi connectivity index (χ3v) is 5.48. The number of guanidine groups is 1. The van der Waals surface area contributed by atoms with Crippen molar-refractivity contribution in [3.8, 4) is 5.75 Å². The number of hydrogen-bond donors (Lipinski definition) is 2. The van der Waals surface area contributed by atoms with Crippen molar-refractivity contribution in [3.63, 3.8) is 0 Å². The lowest BCUT2D eigenvalue weighted by Crippen LogP contribution is -2.43. The third kappa shape index (κ3) is 8.24. The zero-order valence-corrected chi connectivity index (χ0v) is 18.0. The monoisotopic (exact) mass is 503 g/mol. The number of hydrogen-bond acceptors (Lipinski definition) is 3. The summed E-state index contributed by atoms with van der Waals surface area (Å²) in [6.45, 7) is 2.35. The van der Waals surface area contributed by atoms with Crippen molar-refractivity contribution in [2.75, 3.05) is 26.0 Å². The second kappa shape index (κ2) is 10.5. The van der Waals surface area contributed by atoms with E-state index in [-0.39, 0.29) is 34.5 Å². The Kier molecular flexibility index (Phi) is 9.35. The van der Waals surface area contributed by atoms with Crippen LogP contribution in [0, 0.1) is 0 Å². The van der Waals surface area contributed by atoms with E-state index in [1.807, 2.05) is 11.8 Å². The molecule has 1 atom stereocenters. The van der Waals surface area contributed by atoms with Crippen molar-refractivity contribution in [3.05, 3.63) is 29.8 Å². The number of aliphatic imine (C=N–C) groups is 1. The standard InChI is InChI=1S/C17H24F3N3OS.HI/c1-16(8-3-9-25-16)11-23-15(21-2)22-10-13-4-6-14(7-5-13)24-12-17(18,19)20;/h4-7H,3,8-12H2,1-2H3,(H2,21,22,23);1H. The average molecular weight is 503 g/mol. The summed E-state index contributed by atoms with van der Waals surface area (Å²) in [7, 11) is 1.72. The molecule has 1 unspecified atom stereocenters. The normalized spacial score (nSPS) is 20.4. The van der Waals surface area contributed by atoms with Gasteiger partial charge in [-0.05, 0) is 43.2 Å². The molecule has 148 valence electrons. The summed E-state index contributed by atoms with van der Waals surface area (Å²) in [5, 5.41) is 6.55. The van der Waals surface area contributed by atoms with Crippen molar-refractivity contribution in [1.82, 2.24) is 10.6 Å². The zero-order valence-electron chi connectivity index (χ0n) is 14.9. The van der Waals surface area contributed by atoms with E-state index in [1.54, 1.807) is 19.2 Å². The van der Waals surface area contributed by atoms with E-state index in [0.717, 1.165) is 12.1 Å². The molecule has 9 heteroatoms. The minimum Gasteiger partial charge on any atom is -0.484 e. The van der Waals surface area contributed by atoms with E-state index in [0.29, 0.717) is 12.5 Å². The summed E-state index contributed by atoms with van der Waals surface area (Å²) < 4.78 is 41.3. The van der Waals surface area contributed by atoms with Crippen LogP contribution in [0.25, 0.3) is 0 Å². The largest absolute Gasteiger partial charge is 0.484 e. The van der Waals surface area contributed by atoms with Gasteiger partial charge in [0.05, 0.1) is 0 Å². The average Bonchev–Trinajstić information content (AvgIpc) is 3.00. The molecule has 0 amide bonds. The second-order valence-corrected chi connectivity index (χ2v) is 7.91. The van der Waals surface area contributed by atoms with Gasteiger partial charge in [0.25, 0.3) is 0 Å². The fourth-order valence-electron chi connectivity index (χ4n) is 2.52. The van der Waals surface area contributed by atoms with Crippen LogP contribution in [0.15, 0.2) is 29.3 Å². The predicted molar refractivity (Wildman–Crippen MR) is 112 cm³/mol. The fraction of sp³-hybridized carbons (Fsp3) is 0.588. The molecule has 0 saturated carbocycles. The molecular formula is C17H25F3IN3OS. The van der Waals surface area contributed by atoms with Gasteiger partial charge in [0.15, 0.2) is 12.6 Å². The lowest BCUT2D eigenvalue weighted by Gasteiger charge is -2.24. The molecule has 0 aliphatic carbocycles. The Morgan fingerprint density at radius 1 is 1.27 bits per heavy atom. The summed E-state index contributed by atoms with van der Waals surface area (Å²) in [5.74, 6) is 2.12. The molecule has 1 aromatic carbocycles. The number of benzene rings is 1. The van der Waals surface area contributed by atoms with Gasteiger partial charge >= 0.3 is 6.18 Å². The molecule has 4 nitrogen and oxygen atoms in total. The van der Waals surface area contributed by atoms with E-state index in [1.165, 1.54) is 30.7 Å². The Hall–Kier alpha value is -0.840. The highest BCUT2D eigenvalue weighted by Crippen LogP contribution is 2.36. The summed E-state index contributed by atoms with van der Waals surface area (Å²) in [6.07, 6.45) is -1.88. The number of nitrogens with one attached hydrogen (secondary N) is 2. The van der Waals surface area contributed by atoms with Crippen molar-refractivity contribution in [1.29, 1.82) is 0 Å². The number of thioether (sulfide) groups is 1. The fourth-order valence-corrected chi connectivity index (χ4v) is 3.77. The number of nitrogens with zero attached hydrogens (tertiary/aromatic N) is 1. The Balaban J connectivity index is 0.00000338. The van der Waals surface area contributed by atoms with E-state index >= 15 is 0 Å². The molecule has 2 rings (SSSR count). The van der Waals surface area contributed by atoms with Crippen LogP contribution >= 0.6 is 35.7 Å². The highest BCUT2D eigenvalue weighted by molar-refractivity contribution is 14.0. The van der Waals surface area contributed by atoms with Gasteiger partial charge in [0.1, 0.15) is 5.75 Å². The smallest absolute Gasteiger partial charge is 0.422 e. The van der Waals surface area contributed by atoms with Gasteiger partial charge in [-0.2, -0.15) is 24.9 Å². The van der Waals surface area contributed by atoms with E-state index in [2.05, 4.69) is 22.5 Å². The first kappa shape index (κ1) is 23.2. The van der Waals surface area contributed by atoms with Crippen LogP contribution < -0.4 is 15.4 Å². The number of rotatable bonds is 6. The number of halogens is 4. The maximum Gasteiger partial charge on any atom is 0.422 e. The lowest BCUT2D eigenvalue weighted by atomic mass is 10.1. The molecule has 1 aromatic rings. The highest BCUT2D eigenvalue weighted by Gasteiger charge is 2.29. The van der Waals surface area contributed by atoms with Crippen molar-refractivity contribution in [2.24, 2.45) is 4.99 Å². The van der Waals surface area contributed by atoms with Crippen LogP contribution in [0.3, 0.4) is 0 Å². The van der Waals surface area contributed by atoms with Crippen LogP contribution in [0.1, 0.15) is 25.3 Å². The van der Waals surface area contributed by atoms with Crippen LogP contribution in [-0.2, 0) is 6.54 Å². The Labute approximate surface area is 173 Å². The Bertz CT molecular complexity index is 576. The van der Waals surface area contributed by atoms with Crippen molar-refractivity contribution < 1.29 is 17.9 Å². The van der Waals surface area contributed by atoms with Crippen LogP contribution in [-0.4, -0.2) is 42.8 Å². The molecule has 26 heavy (non-hydrogen) atoms. The molecule has 0 spiro atoms. The molecule has 0 bridgehead atoms. The summed E-state index contributed by atoms with van der Waals surface area (Å²) in [4.78, 5) is 4.20. The maximum absolute atomic E-state index is 12.1. The molecule has 1 heterocycles. The second-order valence-electron chi connectivity index (χ2n) is 6.23. The molecule has 0 radical (unpaired) electrons. The van der Waals surface area contributed by atoms with Crippen LogP contribution in [0.2, 0.25) is 0 Å². The van der Waals surface area contributed by atoms with E-state index in [9.17, 15) is 13.2 Å². The first-order valence-electron chi connectivity index (χ1n) is 8.17. The van der Waals surface area contributed by atoms with Crippen molar-refractivity contribution >= 4 is 41.7 Å². The van der Waals surface area contributed by atoms with Gasteiger partial charge in [0, 0.05) is 24.9 Å². The molecule has 1 aliphatic rings. The summed E-state index contributed by atoms with van der Waals surface area (Å²) >= 11 is 1.98. The van der Waals surface area contributed by atoms with E-state index in [4.69, 9.17) is 4.74 Å². The minimum atomic E-state index is -4.33. The van der Waals surface area contributed by atoms with Gasteiger partial charge in [-0.1, -0.05) is 12.1 Å². The van der Waals surface area contributed by atoms with E-state index < -0.39 is 12.8 Å². The molecule has 1 fully saturated rings. The summed E-state index contributed by atoms with van der Waals surface area (Å²) in [6, 6.07) is 6.55. The van der Waals surface area contributed by atoms with Crippen LogP contribution in [0.5, 0.6) is 5.75 Å². The third-order valence-electron chi connectivity index (χ3n) is 3.94. The zero-order chi connectivity index (χ0) is 18.3. The van der Waals surface area contributed by atoms with Gasteiger partial charge in [-0.15, -0.1) is 24.0 Å². The van der Waals surface area contributed by atoms with Crippen molar-refractivity contribution in [2.45, 2.75) is 37.2 Å². The molecule has 1 saturated heterocycles. The van der Waals surface area contributed by atoms with Gasteiger partial charge in [-0.3, -0.25) is 4.99 Å². The molecule has 2 N–H and O–H groups in total. The number of alkyl halides is 3. The maximum atomic E-state index is 12.1. The topological polar surface area (TPSA) is 45.7 Å². The Morgan fingerprint density at radius 3 is 2.50 bits per heavy atom. The predicted octanol–water partition coefficient (Wildman–Crippen LogP) is 4.20. The molecular weight excluding hydrogens is 478 g/mol. The lowest BCUT2D eigenvalue weighted by molar-refractivity contribution is -0.153. The summed E-state index contributed by atoms with van der Waals surface area (Å²) in [5.41, 5.74) is 0.934. The van der Waals surface area contributed by atoms with Gasteiger partial charge < -0.3 is 15.4 Å². The first-order chi connectivity index (χ1) is 11.8. The highest BCUT2D eigenvalue weighted by atomic mass is 127. The van der Waals surface area contributed by atoms with Gasteiger partial charge in [-0.25, -0.2) is 0 Å². The minimum absolute atomic E-state index is 0. The quantitative estimate of drug-likeness (QED) is 0.347. The van der Waals surface area contributed by atoms with Gasteiger partial charge in [0.2, 0.25) is 0 Å². The van der Waals surface area contributed by atoms with Crippen LogP contribution in [0.4, 0.5) is 13.2 Å². The number of ether oxygens (including phenoxy) is 1. The first-order valence-corrected chi connectivity index (χ1v) is 9.15. The molecule has 1 aliphatic heterocycles. The SMILES string of the molecule is CN=C(NCc1ccc(OCC(F)(F)F)cc1)NCC1(C)CCCS1.I.